The molecule has 1 atom stereocenters. The van der Waals surface area contributed by atoms with E-state index in [-0.39, 0.29) is 18.4 Å². The normalized spacial score (nSPS) is 13.9. The molecule has 0 radical (unpaired) electrons. The van der Waals surface area contributed by atoms with Crippen LogP contribution in [0.1, 0.15) is 48.7 Å². The highest BCUT2D eigenvalue weighted by Gasteiger charge is 2.39. The number of aryl methyl sites for hydroxylation is 1. The Kier molecular flexibility index (Phi) is 5.27. The van der Waals surface area contributed by atoms with Crippen molar-refractivity contribution in [3.63, 3.8) is 0 Å². The SMILES string of the molecule is CCc1cc(S(=O)(=O)C(C)CC)c(C(F)(F)F)cc1C(=O)O. The molecule has 1 aromatic carbocycles. The number of carboxylic acid groups (broad SMARTS) is 1. The van der Waals surface area contributed by atoms with Crippen LogP contribution >= 0.6 is 0 Å². The summed E-state index contributed by atoms with van der Waals surface area (Å²) in [5.74, 6) is -1.52. The van der Waals surface area contributed by atoms with Gasteiger partial charge in [-0.05, 0) is 37.5 Å². The van der Waals surface area contributed by atoms with Gasteiger partial charge in [-0.25, -0.2) is 13.2 Å². The van der Waals surface area contributed by atoms with Gasteiger partial charge in [-0.2, -0.15) is 13.2 Å². The van der Waals surface area contributed by atoms with Crippen molar-refractivity contribution in [2.75, 3.05) is 0 Å². The molecule has 0 fully saturated rings. The Hall–Kier alpha value is -1.57. The number of carbonyl (C=O) groups is 1. The van der Waals surface area contributed by atoms with Gasteiger partial charge in [0.15, 0.2) is 9.84 Å². The number of aromatic carboxylic acids is 1. The van der Waals surface area contributed by atoms with E-state index in [1.54, 1.807) is 13.8 Å². The second-order valence-electron chi connectivity index (χ2n) is 4.93. The number of rotatable bonds is 5. The largest absolute Gasteiger partial charge is 0.478 e. The van der Waals surface area contributed by atoms with Crippen molar-refractivity contribution in [1.29, 1.82) is 0 Å². The van der Waals surface area contributed by atoms with E-state index in [0.29, 0.717) is 6.07 Å². The molecule has 124 valence electrons. The Morgan fingerprint density at radius 2 is 1.82 bits per heavy atom. The summed E-state index contributed by atoms with van der Waals surface area (Å²) in [5.41, 5.74) is -1.90. The van der Waals surface area contributed by atoms with Gasteiger partial charge in [0.2, 0.25) is 0 Å². The van der Waals surface area contributed by atoms with Crippen LogP contribution in [-0.2, 0) is 22.4 Å². The third-order valence-corrected chi connectivity index (χ3v) is 5.88. The van der Waals surface area contributed by atoms with Crippen LogP contribution in [0.5, 0.6) is 0 Å². The lowest BCUT2D eigenvalue weighted by Crippen LogP contribution is -2.22. The van der Waals surface area contributed by atoms with Gasteiger partial charge in [0, 0.05) is 0 Å². The van der Waals surface area contributed by atoms with Crippen LogP contribution < -0.4 is 0 Å². The Bertz CT molecular complexity index is 678. The molecule has 0 aliphatic rings. The zero-order valence-electron chi connectivity index (χ0n) is 12.4. The van der Waals surface area contributed by atoms with Gasteiger partial charge in [-0.1, -0.05) is 13.8 Å². The first-order valence-corrected chi connectivity index (χ1v) is 8.22. The van der Waals surface area contributed by atoms with Gasteiger partial charge >= 0.3 is 12.1 Å². The number of halogens is 3. The molecular formula is C14H17F3O4S. The molecule has 1 N–H and O–H groups in total. The number of sulfone groups is 1. The molecule has 0 amide bonds. The zero-order chi connectivity index (χ0) is 17.3. The maximum absolute atomic E-state index is 13.2. The molecule has 0 aromatic heterocycles. The van der Waals surface area contributed by atoms with Crippen LogP contribution in [0.2, 0.25) is 0 Å². The van der Waals surface area contributed by atoms with E-state index in [2.05, 4.69) is 0 Å². The lowest BCUT2D eigenvalue weighted by atomic mass is 10.0. The fraction of sp³-hybridized carbons (Fsp3) is 0.500. The monoisotopic (exact) mass is 338 g/mol. The fourth-order valence-corrected chi connectivity index (χ4v) is 3.67. The van der Waals surface area contributed by atoms with Gasteiger partial charge in [0.1, 0.15) is 0 Å². The topological polar surface area (TPSA) is 71.4 Å². The molecule has 0 spiro atoms. The van der Waals surface area contributed by atoms with Crippen LogP contribution in [0.25, 0.3) is 0 Å². The third-order valence-electron chi connectivity index (χ3n) is 3.53. The molecule has 1 aromatic rings. The second kappa shape index (κ2) is 6.28. The van der Waals surface area contributed by atoms with E-state index < -0.39 is 43.3 Å². The van der Waals surface area contributed by atoms with Gasteiger partial charge in [-0.3, -0.25) is 0 Å². The first-order valence-electron chi connectivity index (χ1n) is 6.68. The summed E-state index contributed by atoms with van der Waals surface area (Å²) < 4.78 is 64.2. The van der Waals surface area contributed by atoms with Crippen molar-refractivity contribution >= 4 is 15.8 Å². The predicted molar refractivity (Wildman–Crippen MR) is 74.7 cm³/mol. The van der Waals surface area contributed by atoms with Crippen LogP contribution in [0.15, 0.2) is 17.0 Å². The van der Waals surface area contributed by atoms with Gasteiger partial charge in [0.25, 0.3) is 0 Å². The minimum atomic E-state index is -4.95. The van der Waals surface area contributed by atoms with E-state index >= 15 is 0 Å². The average molecular weight is 338 g/mol. The number of alkyl halides is 3. The number of hydrogen-bond donors (Lipinski definition) is 1. The number of carboxylic acids is 1. The summed E-state index contributed by atoms with van der Waals surface area (Å²) in [4.78, 5) is 10.2. The average Bonchev–Trinajstić information content (AvgIpc) is 2.43. The summed E-state index contributed by atoms with van der Waals surface area (Å²) in [6, 6.07) is 1.25. The third kappa shape index (κ3) is 3.43. The second-order valence-corrected chi connectivity index (χ2v) is 7.26. The summed E-state index contributed by atoms with van der Waals surface area (Å²) in [6.45, 7) is 4.43. The molecule has 1 rings (SSSR count). The minimum Gasteiger partial charge on any atom is -0.478 e. The molecule has 0 aliphatic carbocycles. The summed E-state index contributed by atoms with van der Waals surface area (Å²) in [7, 11) is -4.19. The molecule has 8 heteroatoms. The summed E-state index contributed by atoms with van der Waals surface area (Å²) >= 11 is 0. The van der Waals surface area contributed by atoms with Crippen LogP contribution in [-0.4, -0.2) is 24.7 Å². The van der Waals surface area contributed by atoms with Gasteiger partial charge in [0.05, 0.1) is 21.3 Å². The number of benzene rings is 1. The standard InChI is InChI=1S/C14H17F3O4S/c1-4-8(3)22(20,21)12-6-9(5-2)10(13(18)19)7-11(12)14(15,16)17/h6-8H,4-5H2,1-3H3,(H,18,19). The first kappa shape index (κ1) is 18.5. The van der Waals surface area contributed by atoms with E-state index in [1.165, 1.54) is 6.92 Å². The highest BCUT2D eigenvalue weighted by atomic mass is 32.2. The predicted octanol–water partition coefficient (Wildman–Crippen LogP) is 3.54. The quantitative estimate of drug-likeness (QED) is 0.891. The summed E-state index contributed by atoms with van der Waals surface area (Å²) in [5, 5.41) is 8.03. The molecule has 1 unspecified atom stereocenters. The van der Waals surface area contributed by atoms with Crippen molar-refractivity contribution < 1.29 is 31.5 Å². The Labute approximate surface area is 126 Å². The Morgan fingerprint density at radius 1 is 1.27 bits per heavy atom. The van der Waals surface area contributed by atoms with Crippen molar-refractivity contribution in [3.05, 3.63) is 28.8 Å². The smallest absolute Gasteiger partial charge is 0.417 e. The van der Waals surface area contributed by atoms with Crippen molar-refractivity contribution in [2.24, 2.45) is 0 Å². The first-order chi connectivity index (χ1) is 9.96. The van der Waals surface area contributed by atoms with Crippen LogP contribution in [0, 0.1) is 0 Å². The highest BCUT2D eigenvalue weighted by molar-refractivity contribution is 7.92. The highest BCUT2D eigenvalue weighted by Crippen LogP contribution is 2.37. The maximum atomic E-state index is 13.2. The lowest BCUT2D eigenvalue weighted by Gasteiger charge is -2.19. The molecule has 22 heavy (non-hydrogen) atoms. The number of hydrogen-bond acceptors (Lipinski definition) is 3. The molecule has 0 aliphatic heterocycles. The van der Waals surface area contributed by atoms with E-state index in [9.17, 15) is 26.4 Å². The summed E-state index contributed by atoms with van der Waals surface area (Å²) in [6.07, 6.45) is -4.68. The van der Waals surface area contributed by atoms with Crippen molar-refractivity contribution in [3.8, 4) is 0 Å². The maximum Gasteiger partial charge on any atom is 0.417 e. The van der Waals surface area contributed by atoms with Gasteiger partial charge < -0.3 is 5.11 Å². The molecule has 0 bridgehead atoms. The molecule has 4 nitrogen and oxygen atoms in total. The van der Waals surface area contributed by atoms with Gasteiger partial charge in [-0.15, -0.1) is 0 Å². The Balaban J connectivity index is 3.81. The van der Waals surface area contributed by atoms with E-state index in [0.717, 1.165) is 6.07 Å². The van der Waals surface area contributed by atoms with E-state index in [1.807, 2.05) is 0 Å². The van der Waals surface area contributed by atoms with Crippen LogP contribution in [0.3, 0.4) is 0 Å². The molecular weight excluding hydrogens is 321 g/mol. The minimum absolute atomic E-state index is 0.0578. The lowest BCUT2D eigenvalue weighted by molar-refractivity contribution is -0.139. The fourth-order valence-electron chi connectivity index (χ4n) is 2.01. The molecule has 0 saturated heterocycles. The molecule has 0 saturated carbocycles. The van der Waals surface area contributed by atoms with Crippen molar-refractivity contribution in [1.82, 2.24) is 0 Å². The zero-order valence-corrected chi connectivity index (χ0v) is 13.2. The Morgan fingerprint density at radius 3 is 2.18 bits per heavy atom. The van der Waals surface area contributed by atoms with Crippen LogP contribution in [0.4, 0.5) is 13.2 Å². The van der Waals surface area contributed by atoms with Crippen molar-refractivity contribution in [2.45, 2.75) is 49.9 Å². The van der Waals surface area contributed by atoms with E-state index in [4.69, 9.17) is 5.11 Å². The molecule has 0 heterocycles.